The fourth-order valence-corrected chi connectivity index (χ4v) is 5.12. The molecule has 1 unspecified atom stereocenters. The number of carbonyl (C=O) groups is 1. The Bertz CT molecular complexity index is 782. The number of anilines is 1. The molecule has 0 bridgehead atoms. The zero-order valence-electron chi connectivity index (χ0n) is 18.7. The lowest BCUT2D eigenvalue weighted by Gasteiger charge is -2.34. The molecule has 0 spiro atoms. The second-order valence-electron chi connectivity index (χ2n) is 7.96. The SMILES string of the molecule is CCOc1ccc(N2C[C@H](CC)CN(C(=O)C(C)S(=O)(=O)CCN)C[C@@H]2CC)cc1. The van der Waals surface area contributed by atoms with Crippen LogP contribution in [0.2, 0.25) is 0 Å². The topological polar surface area (TPSA) is 92.9 Å². The Morgan fingerprint density at radius 2 is 1.80 bits per heavy atom. The van der Waals surface area contributed by atoms with Crippen molar-refractivity contribution in [3.05, 3.63) is 24.3 Å². The Hall–Kier alpha value is -1.80. The van der Waals surface area contributed by atoms with Gasteiger partial charge in [-0.1, -0.05) is 13.8 Å². The van der Waals surface area contributed by atoms with E-state index in [1.165, 1.54) is 6.92 Å². The first-order valence-electron chi connectivity index (χ1n) is 11.0. The van der Waals surface area contributed by atoms with E-state index in [1.807, 2.05) is 19.1 Å². The molecule has 0 aliphatic carbocycles. The molecule has 1 aliphatic rings. The molecule has 1 fully saturated rings. The summed E-state index contributed by atoms with van der Waals surface area (Å²) in [6.07, 6.45) is 1.77. The van der Waals surface area contributed by atoms with Gasteiger partial charge in [-0.15, -0.1) is 0 Å². The number of nitrogens with two attached hydrogens (primary N) is 1. The third-order valence-corrected chi connectivity index (χ3v) is 8.02. The van der Waals surface area contributed by atoms with E-state index in [9.17, 15) is 13.2 Å². The van der Waals surface area contributed by atoms with Gasteiger partial charge in [-0.05, 0) is 56.9 Å². The van der Waals surface area contributed by atoms with Gasteiger partial charge in [0.25, 0.3) is 0 Å². The van der Waals surface area contributed by atoms with E-state index in [0.29, 0.717) is 19.7 Å². The first-order valence-corrected chi connectivity index (χ1v) is 12.7. The summed E-state index contributed by atoms with van der Waals surface area (Å²) in [6, 6.07) is 8.19. The molecule has 0 aromatic heterocycles. The average molecular weight is 440 g/mol. The molecule has 2 rings (SSSR count). The number of carbonyl (C=O) groups excluding carboxylic acids is 1. The van der Waals surface area contributed by atoms with Crippen molar-refractivity contribution in [1.29, 1.82) is 0 Å². The molecule has 8 heteroatoms. The van der Waals surface area contributed by atoms with Crippen LogP contribution in [0.1, 0.15) is 40.5 Å². The maximum atomic E-state index is 13.1. The first-order chi connectivity index (χ1) is 14.3. The van der Waals surface area contributed by atoms with Gasteiger partial charge < -0.3 is 20.3 Å². The van der Waals surface area contributed by atoms with Crippen LogP contribution in [-0.2, 0) is 14.6 Å². The van der Waals surface area contributed by atoms with Gasteiger partial charge in [-0.25, -0.2) is 8.42 Å². The minimum Gasteiger partial charge on any atom is -0.494 e. The molecule has 30 heavy (non-hydrogen) atoms. The Labute approximate surface area is 181 Å². The summed E-state index contributed by atoms with van der Waals surface area (Å²) in [4.78, 5) is 17.2. The highest BCUT2D eigenvalue weighted by Crippen LogP contribution is 2.28. The molecule has 170 valence electrons. The summed E-state index contributed by atoms with van der Waals surface area (Å²) in [5, 5.41) is -1.06. The first kappa shape index (κ1) is 24.5. The zero-order valence-corrected chi connectivity index (χ0v) is 19.5. The van der Waals surface area contributed by atoms with Gasteiger partial charge in [-0.2, -0.15) is 0 Å². The standard InChI is InChI=1S/C22H37N3O4S/c1-5-18-14-24(22(26)17(4)30(27,28)13-12-23)16-19(6-2)25(15-18)20-8-10-21(11-9-20)29-7-3/h8-11,17-19H,5-7,12-16,23H2,1-4H3/t17?,18-,19+/m1/s1. The molecule has 2 N–H and O–H groups in total. The molecular weight excluding hydrogens is 402 g/mol. The molecule has 1 aromatic carbocycles. The van der Waals surface area contributed by atoms with Crippen LogP contribution in [0.3, 0.4) is 0 Å². The summed E-state index contributed by atoms with van der Waals surface area (Å²) < 4.78 is 30.4. The van der Waals surface area contributed by atoms with E-state index >= 15 is 0 Å². The van der Waals surface area contributed by atoms with Crippen LogP contribution in [0, 0.1) is 5.92 Å². The lowest BCUT2D eigenvalue weighted by atomic mass is 10.0. The van der Waals surface area contributed by atoms with Crippen LogP contribution in [0.5, 0.6) is 5.75 Å². The zero-order chi connectivity index (χ0) is 22.3. The van der Waals surface area contributed by atoms with Crippen LogP contribution in [0.4, 0.5) is 5.69 Å². The predicted octanol–water partition coefficient (Wildman–Crippen LogP) is 2.30. The highest BCUT2D eigenvalue weighted by molar-refractivity contribution is 7.92. The van der Waals surface area contributed by atoms with Crippen molar-refractivity contribution in [2.45, 2.75) is 51.8 Å². The molecule has 1 saturated heterocycles. The van der Waals surface area contributed by atoms with Crippen molar-refractivity contribution >= 4 is 21.4 Å². The fourth-order valence-electron chi connectivity index (χ4n) is 3.98. The number of hydrogen-bond acceptors (Lipinski definition) is 6. The highest BCUT2D eigenvalue weighted by atomic mass is 32.2. The van der Waals surface area contributed by atoms with E-state index in [1.54, 1.807) is 4.90 Å². The molecule has 1 aliphatic heterocycles. The van der Waals surface area contributed by atoms with Gasteiger partial charge in [0.1, 0.15) is 11.0 Å². The van der Waals surface area contributed by atoms with Crippen LogP contribution < -0.4 is 15.4 Å². The number of hydrogen-bond donors (Lipinski definition) is 1. The molecule has 1 amide bonds. The Morgan fingerprint density at radius 1 is 1.13 bits per heavy atom. The number of ether oxygens (including phenoxy) is 1. The third kappa shape index (κ3) is 5.88. The Balaban J connectivity index is 2.27. The number of amides is 1. The minimum atomic E-state index is -3.54. The molecule has 1 heterocycles. The quantitative estimate of drug-likeness (QED) is 0.635. The molecule has 3 atom stereocenters. The van der Waals surface area contributed by atoms with Gasteiger partial charge in [-0.3, -0.25) is 4.79 Å². The molecule has 0 radical (unpaired) electrons. The molecule has 7 nitrogen and oxygen atoms in total. The van der Waals surface area contributed by atoms with Gasteiger partial charge in [0.05, 0.1) is 12.4 Å². The van der Waals surface area contributed by atoms with E-state index in [2.05, 4.69) is 30.9 Å². The molecular formula is C22H37N3O4S. The Morgan fingerprint density at radius 3 is 2.33 bits per heavy atom. The van der Waals surface area contributed by atoms with Crippen molar-refractivity contribution in [2.24, 2.45) is 11.7 Å². The fraction of sp³-hybridized carbons (Fsp3) is 0.682. The van der Waals surface area contributed by atoms with Gasteiger partial charge in [0.2, 0.25) is 5.91 Å². The van der Waals surface area contributed by atoms with E-state index in [0.717, 1.165) is 30.8 Å². The summed E-state index contributed by atoms with van der Waals surface area (Å²) >= 11 is 0. The van der Waals surface area contributed by atoms with Crippen molar-refractivity contribution in [3.8, 4) is 5.75 Å². The maximum Gasteiger partial charge on any atom is 0.240 e. The largest absolute Gasteiger partial charge is 0.494 e. The molecule has 1 aromatic rings. The summed E-state index contributed by atoms with van der Waals surface area (Å²) in [6.45, 7) is 10.2. The smallest absolute Gasteiger partial charge is 0.240 e. The summed E-state index contributed by atoms with van der Waals surface area (Å²) in [5.41, 5.74) is 6.53. The van der Waals surface area contributed by atoms with E-state index < -0.39 is 15.1 Å². The Kier molecular flexibility index (Phi) is 8.97. The van der Waals surface area contributed by atoms with Crippen LogP contribution in [0.15, 0.2) is 24.3 Å². The predicted molar refractivity (Wildman–Crippen MR) is 122 cm³/mol. The van der Waals surface area contributed by atoms with Crippen molar-refractivity contribution < 1.29 is 17.9 Å². The monoisotopic (exact) mass is 439 g/mol. The second kappa shape index (κ2) is 11.0. The van der Waals surface area contributed by atoms with Gasteiger partial charge in [0.15, 0.2) is 9.84 Å². The number of rotatable bonds is 9. The normalized spacial score (nSPS) is 21.2. The highest BCUT2D eigenvalue weighted by Gasteiger charge is 2.36. The number of nitrogens with zero attached hydrogens (tertiary/aromatic N) is 2. The van der Waals surface area contributed by atoms with Crippen LogP contribution >= 0.6 is 0 Å². The van der Waals surface area contributed by atoms with Crippen molar-refractivity contribution in [3.63, 3.8) is 0 Å². The van der Waals surface area contributed by atoms with Gasteiger partial charge in [0, 0.05) is 37.9 Å². The van der Waals surface area contributed by atoms with Crippen LogP contribution in [-0.4, -0.2) is 69.1 Å². The minimum absolute atomic E-state index is 0.0284. The summed E-state index contributed by atoms with van der Waals surface area (Å²) in [5.74, 6) is 0.628. The maximum absolute atomic E-state index is 13.1. The second-order valence-corrected chi connectivity index (χ2v) is 10.4. The lowest BCUT2D eigenvalue weighted by Crippen LogP contribution is -2.47. The number of sulfone groups is 1. The number of benzene rings is 1. The lowest BCUT2D eigenvalue weighted by molar-refractivity contribution is -0.131. The van der Waals surface area contributed by atoms with E-state index in [4.69, 9.17) is 10.5 Å². The average Bonchev–Trinajstić information content (AvgIpc) is 2.93. The van der Waals surface area contributed by atoms with Crippen LogP contribution in [0.25, 0.3) is 0 Å². The third-order valence-electron chi connectivity index (χ3n) is 5.93. The van der Waals surface area contributed by atoms with E-state index in [-0.39, 0.29) is 30.2 Å². The van der Waals surface area contributed by atoms with Crippen molar-refractivity contribution in [2.75, 3.05) is 43.4 Å². The van der Waals surface area contributed by atoms with Crippen molar-refractivity contribution in [1.82, 2.24) is 4.90 Å². The summed E-state index contributed by atoms with van der Waals surface area (Å²) in [7, 11) is -3.54. The molecule has 0 saturated carbocycles. The van der Waals surface area contributed by atoms with Gasteiger partial charge >= 0.3 is 0 Å².